The van der Waals surface area contributed by atoms with E-state index in [1.807, 2.05) is 0 Å². The monoisotopic (exact) mass is 325 g/mol. The summed E-state index contributed by atoms with van der Waals surface area (Å²) in [5.74, 6) is 0.809. The number of aliphatic hydroxyl groups excluding tert-OH is 1. The summed E-state index contributed by atoms with van der Waals surface area (Å²) in [4.78, 5) is 7.46. The molecular formula is C18H35N3O2. The maximum absolute atomic E-state index is 10.5. The first-order chi connectivity index (χ1) is 11.1. The van der Waals surface area contributed by atoms with Gasteiger partial charge in [-0.15, -0.1) is 0 Å². The number of β-amino-alcohol motifs (C(OH)–C–C–N with tert-alkyl or cyclic N) is 1. The van der Waals surface area contributed by atoms with Gasteiger partial charge in [0.1, 0.15) is 0 Å². The van der Waals surface area contributed by atoms with E-state index in [0.717, 1.165) is 38.6 Å². The van der Waals surface area contributed by atoms with Gasteiger partial charge in [0, 0.05) is 39.3 Å². The summed E-state index contributed by atoms with van der Waals surface area (Å²) in [5.41, 5.74) is 0. The van der Waals surface area contributed by atoms with Crippen LogP contribution in [0.1, 0.15) is 33.1 Å². The van der Waals surface area contributed by atoms with Crippen LogP contribution in [0, 0.1) is 5.92 Å². The fourth-order valence-corrected chi connectivity index (χ4v) is 4.65. The molecule has 0 spiro atoms. The molecule has 0 bridgehead atoms. The first-order valence-electron chi connectivity index (χ1n) is 9.59. The molecule has 0 aromatic heterocycles. The first-order valence-corrected chi connectivity index (χ1v) is 9.59. The highest BCUT2D eigenvalue weighted by Gasteiger charge is 2.28. The largest absolute Gasteiger partial charge is 0.390 e. The van der Waals surface area contributed by atoms with Crippen molar-refractivity contribution in [3.63, 3.8) is 0 Å². The van der Waals surface area contributed by atoms with E-state index in [1.165, 1.54) is 45.4 Å². The molecule has 4 atom stereocenters. The lowest BCUT2D eigenvalue weighted by Gasteiger charge is -2.36. The summed E-state index contributed by atoms with van der Waals surface area (Å²) >= 11 is 0. The maximum atomic E-state index is 10.5. The highest BCUT2D eigenvalue weighted by Crippen LogP contribution is 2.20. The number of morpholine rings is 1. The SMILES string of the molecule is CC1CN(CC(O)CN2CCC(CN3CCCC3)C2)CC(C)O1. The van der Waals surface area contributed by atoms with E-state index in [-0.39, 0.29) is 18.3 Å². The van der Waals surface area contributed by atoms with E-state index >= 15 is 0 Å². The summed E-state index contributed by atoms with van der Waals surface area (Å²) in [5, 5.41) is 10.5. The standard InChI is InChI=1S/C18H35N3O2/c1-15-9-21(10-16(2)23-15)14-18(22)13-20-8-5-17(12-20)11-19-6-3-4-7-19/h15-18,22H,3-14H2,1-2H3. The Hall–Kier alpha value is -0.200. The van der Waals surface area contributed by atoms with E-state index in [1.54, 1.807) is 0 Å². The molecule has 0 radical (unpaired) electrons. The van der Waals surface area contributed by atoms with Crippen LogP contribution in [0.25, 0.3) is 0 Å². The van der Waals surface area contributed by atoms with Crippen LogP contribution in [0.3, 0.4) is 0 Å². The fourth-order valence-electron chi connectivity index (χ4n) is 4.65. The van der Waals surface area contributed by atoms with Crippen LogP contribution >= 0.6 is 0 Å². The van der Waals surface area contributed by atoms with Crippen molar-refractivity contribution >= 4 is 0 Å². The van der Waals surface area contributed by atoms with Crippen molar-refractivity contribution in [1.82, 2.24) is 14.7 Å². The smallest absolute Gasteiger partial charge is 0.0793 e. The normalized spacial score (nSPS) is 35.9. The third-order valence-corrected chi connectivity index (χ3v) is 5.52. The molecule has 5 nitrogen and oxygen atoms in total. The third-order valence-electron chi connectivity index (χ3n) is 5.52. The van der Waals surface area contributed by atoms with Crippen LogP contribution in [-0.2, 0) is 4.74 Å². The third kappa shape index (κ3) is 5.40. The molecule has 3 fully saturated rings. The summed E-state index contributed by atoms with van der Waals surface area (Å²) in [7, 11) is 0. The van der Waals surface area contributed by atoms with E-state index in [4.69, 9.17) is 4.74 Å². The van der Waals surface area contributed by atoms with Crippen LogP contribution in [0.4, 0.5) is 0 Å². The zero-order chi connectivity index (χ0) is 16.2. The number of hydrogen-bond acceptors (Lipinski definition) is 5. The quantitative estimate of drug-likeness (QED) is 0.785. The van der Waals surface area contributed by atoms with Crippen molar-refractivity contribution in [2.24, 2.45) is 5.92 Å². The first kappa shape index (κ1) is 17.6. The van der Waals surface area contributed by atoms with E-state index in [9.17, 15) is 5.11 Å². The van der Waals surface area contributed by atoms with Gasteiger partial charge in [-0.2, -0.15) is 0 Å². The number of nitrogens with zero attached hydrogens (tertiary/aromatic N) is 3. The van der Waals surface area contributed by atoms with E-state index in [0.29, 0.717) is 0 Å². The molecule has 3 aliphatic rings. The molecule has 5 heteroatoms. The van der Waals surface area contributed by atoms with Crippen molar-refractivity contribution in [1.29, 1.82) is 0 Å². The molecule has 4 unspecified atom stereocenters. The molecule has 0 amide bonds. The minimum absolute atomic E-state index is 0.238. The number of rotatable bonds is 6. The van der Waals surface area contributed by atoms with E-state index < -0.39 is 0 Å². The van der Waals surface area contributed by atoms with Crippen molar-refractivity contribution in [3.05, 3.63) is 0 Å². The Bertz CT molecular complexity index is 352. The molecule has 3 saturated heterocycles. The molecule has 3 aliphatic heterocycles. The van der Waals surface area contributed by atoms with Gasteiger partial charge in [-0.1, -0.05) is 0 Å². The van der Waals surface area contributed by atoms with Crippen molar-refractivity contribution in [3.8, 4) is 0 Å². The van der Waals surface area contributed by atoms with Gasteiger partial charge in [0.15, 0.2) is 0 Å². The summed E-state index contributed by atoms with van der Waals surface area (Å²) in [6, 6.07) is 0. The predicted octanol–water partition coefficient (Wildman–Crippen LogP) is 0.874. The van der Waals surface area contributed by atoms with E-state index in [2.05, 4.69) is 28.5 Å². The van der Waals surface area contributed by atoms with Gasteiger partial charge in [-0.25, -0.2) is 0 Å². The van der Waals surface area contributed by atoms with Gasteiger partial charge < -0.3 is 19.6 Å². The second-order valence-corrected chi connectivity index (χ2v) is 8.05. The Morgan fingerprint density at radius 3 is 2.26 bits per heavy atom. The maximum Gasteiger partial charge on any atom is 0.0793 e. The molecule has 3 rings (SSSR count). The minimum Gasteiger partial charge on any atom is -0.390 e. The average Bonchev–Trinajstić information content (AvgIpc) is 3.10. The van der Waals surface area contributed by atoms with Gasteiger partial charge in [-0.3, -0.25) is 4.90 Å². The number of aliphatic hydroxyl groups is 1. The highest BCUT2D eigenvalue weighted by molar-refractivity contribution is 4.83. The van der Waals surface area contributed by atoms with Gasteiger partial charge in [0.25, 0.3) is 0 Å². The van der Waals surface area contributed by atoms with Crippen LogP contribution < -0.4 is 0 Å². The molecule has 134 valence electrons. The number of hydrogen-bond donors (Lipinski definition) is 1. The number of likely N-dealkylation sites (tertiary alicyclic amines) is 2. The van der Waals surface area contributed by atoms with Gasteiger partial charge in [-0.05, 0) is 58.7 Å². The lowest BCUT2D eigenvalue weighted by molar-refractivity contribution is -0.0777. The minimum atomic E-state index is -0.238. The molecule has 3 heterocycles. The Morgan fingerprint density at radius 1 is 0.913 bits per heavy atom. The highest BCUT2D eigenvalue weighted by atomic mass is 16.5. The predicted molar refractivity (Wildman–Crippen MR) is 92.7 cm³/mol. The van der Waals surface area contributed by atoms with Crippen LogP contribution in [0.5, 0.6) is 0 Å². The summed E-state index contributed by atoms with van der Waals surface area (Å²) in [6.07, 6.45) is 4.38. The van der Waals surface area contributed by atoms with Crippen LogP contribution in [-0.4, -0.2) is 97.0 Å². The molecule has 0 aromatic carbocycles. The second kappa shape index (κ2) is 8.26. The summed E-state index contributed by atoms with van der Waals surface area (Å²) < 4.78 is 5.77. The second-order valence-electron chi connectivity index (χ2n) is 8.05. The number of ether oxygens (including phenoxy) is 1. The molecule has 0 aliphatic carbocycles. The van der Waals surface area contributed by atoms with Gasteiger partial charge in [0.05, 0.1) is 18.3 Å². The zero-order valence-electron chi connectivity index (χ0n) is 15.0. The van der Waals surface area contributed by atoms with Crippen molar-refractivity contribution < 1.29 is 9.84 Å². The van der Waals surface area contributed by atoms with Gasteiger partial charge in [0.2, 0.25) is 0 Å². The lowest BCUT2D eigenvalue weighted by atomic mass is 10.1. The molecule has 1 N–H and O–H groups in total. The Balaban J connectivity index is 1.36. The average molecular weight is 325 g/mol. The van der Waals surface area contributed by atoms with Crippen molar-refractivity contribution in [2.45, 2.75) is 51.4 Å². The molecule has 0 saturated carbocycles. The van der Waals surface area contributed by atoms with Gasteiger partial charge >= 0.3 is 0 Å². The van der Waals surface area contributed by atoms with Crippen molar-refractivity contribution in [2.75, 3.05) is 58.9 Å². The fraction of sp³-hybridized carbons (Fsp3) is 1.00. The molecule has 0 aromatic rings. The molecule has 23 heavy (non-hydrogen) atoms. The van der Waals surface area contributed by atoms with Crippen LogP contribution in [0.15, 0.2) is 0 Å². The lowest BCUT2D eigenvalue weighted by Crippen LogP contribution is -2.49. The summed E-state index contributed by atoms with van der Waals surface area (Å²) in [6.45, 7) is 13.9. The van der Waals surface area contributed by atoms with Crippen LogP contribution in [0.2, 0.25) is 0 Å². The topological polar surface area (TPSA) is 39.2 Å². The Morgan fingerprint density at radius 2 is 1.57 bits per heavy atom. The Kier molecular flexibility index (Phi) is 6.32. The molecular weight excluding hydrogens is 290 g/mol. The zero-order valence-corrected chi connectivity index (χ0v) is 15.0. The Labute approximate surface area is 141 Å².